The Kier molecular flexibility index (Phi) is 6.98. The van der Waals surface area contributed by atoms with E-state index in [4.69, 9.17) is 0 Å². The van der Waals surface area contributed by atoms with Crippen molar-refractivity contribution in [3.8, 4) is 0 Å². The topological polar surface area (TPSA) is 49.3 Å². The molecular weight excluding hydrogens is 428 g/mol. The highest BCUT2D eigenvalue weighted by Gasteiger charge is 2.15. The largest absolute Gasteiger partial charge is 0.343 e. The fraction of sp³-hybridized carbons (Fsp3) is 0.348. The van der Waals surface area contributed by atoms with E-state index in [-0.39, 0.29) is 5.91 Å². The molecule has 3 rings (SSSR count). The predicted molar refractivity (Wildman–Crippen MR) is 122 cm³/mol. The highest BCUT2D eigenvalue weighted by atomic mass is 79.9. The van der Waals surface area contributed by atoms with Gasteiger partial charge in [-0.15, -0.1) is 0 Å². The molecule has 0 aromatic carbocycles. The number of rotatable bonds is 5. The van der Waals surface area contributed by atoms with Crippen LogP contribution < -0.4 is 0 Å². The third kappa shape index (κ3) is 5.40. The van der Waals surface area contributed by atoms with Crippen molar-refractivity contribution in [2.24, 2.45) is 0 Å². The fourth-order valence-electron chi connectivity index (χ4n) is 3.42. The average molecular weight is 455 g/mol. The number of carbonyl (C=O) groups is 1. The van der Waals surface area contributed by atoms with Crippen molar-refractivity contribution < 1.29 is 4.79 Å². The van der Waals surface area contributed by atoms with E-state index in [0.717, 1.165) is 47.3 Å². The molecule has 6 heteroatoms. The molecule has 0 radical (unpaired) electrons. The van der Waals surface area contributed by atoms with Crippen molar-refractivity contribution in [3.05, 3.63) is 69.2 Å². The van der Waals surface area contributed by atoms with Crippen molar-refractivity contribution in [3.63, 3.8) is 0 Å². The van der Waals surface area contributed by atoms with Gasteiger partial charge in [0.15, 0.2) is 0 Å². The van der Waals surface area contributed by atoms with Crippen LogP contribution >= 0.6 is 15.9 Å². The van der Waals surface area contributed by atoms with E-state index < -0.39 is 0 Å². The third-order valence-corrected chi connectivity index (χ3v) is 5.74. The van der Waals surface area contributed by atoms with E-state index in [1.807, 2.05) is 37.5 Å². The van der Waals surface area contributed by atoms with Crippen molar-refractivity contribution in [2.75, 3.05) is 33.7 Å². The number of pyridine rings is 2. The van der Waals surface area contributed by atoms with E-state index >= 15 is 0 Å². The Balaban J connectivity index is 1.63. The van der Waals surface area contributed by atoms with Gasteiger partial charge in [0.2, 0.25) is 0 Å². The molecule has 2 aromatic rings. The van der Waals surface area contributed by atoms with Crippen LogP contribution in [-0.2, 0) is 0 Å². The van der Waals surface area contributed by atoms with E-state index in [2.05, 4.69) is 49.9 Å². The van der Waals surface area contributed by atoms with Crippen LogP contribution in [0.5, 0.6) is 0 Å². The van der Waals surface area contributed by atoms with Crippen LogP contribution in [0, 0.1) is 6.92 Å². The molecule has 0 atom stereocenters. The number of hydrogen-bond donors (Lipinski definition) is 0. The number of aromatic nitrogens is 2. The Morgan fingerprint density at radius 1 is 1.28 bits per heavy atom. The molecule has 3 heterocycles. The first kappa shape index (κ1) is 21.4. The van der Waals surface area contributed by atoms with Gasteiger partial charge in [0.1, 0.15) is 5.69 Å². The maximum Gasteiger partial charge on any atom is 0.271 e. The van der Waals surface area contributed by atoms with Gasteiger partial charge < -0.3 is 4.90 Å². The van der Waals surface area contributed by atoms with Gasteiger partial charge in [-0.05, 0) is 43.5 Å². The summed E-state index contributed by atoms with van der Waals surface area (Å²) < 4.78 is 1.08. The Morgan fingerprint density at radius 2 is 2.07 bits per heavy atom. The Bertz CT molecular complexity index is 928. The summed E-state index contributed by atoms with van der Waals surface area (Å²) in [6.07, 6.45) is 9.10. The lowest BCUT2D eigenvalue weighted by Crippen LogP contribution is -2.30. The molecule has 1 aliphatic rings. The molecule has 0 fully saturated rings. The van der Waals surface area contributed by atoms with Crippen LogP contribution in [0.3, 0.4) is 0 Å². The summed E-state index contributed by atoms with van der Waals surface area (Å²) >= 11 is 3.62. The molecule has 29 heavy (non-hydrogen) atoms. The monoisotopic (exact) mass is 454 g/mol. The van der Waals surface area contributed by atoms with Crippen LogP contribution in [-0.4, -0.2) is 59.4 Å². The van der Waals surface area contributed by atoms with Gasteiger partial charge >= 0.3 is 0 Å². The van der Waals surface area contributed by atoms with Crippen LogP contribution in [0.4, 0.5) is 0 Å². The summed E-state index contributed by atoms with van der Waals surface area (Å²) in [4.78, 5) is 24.7. The zero-order valence-corrected chi connectivity index (χ0v) is 19.0. The number of carbonyl (C=O) groups excluding carboxylic acids is 1. The van der Waals surface area contributed by atoms with Crippen LogP contribution in [0.2, 0.25) is 0 Å². The summed E-state index contributed by atoms with van der Waals surface area (Å²) in [7, 11) is 3.47. The van der Waals surface area contributed by atoms with Gasteiger partial charge in [0, 0.05) is 61.9 Å². The van der Waals surface area contributed by atoms with Crippen molar-refractivity contribution in [1.29, 1.82) is 0 Å². The zero-order valence-electron chi connectivity index (χ0n) is 17.4. The minimum atomic E-state index is -0.0712. The lowest BCUT2D eigenvalue weighted by molar-refractivity contribution is 0.0822. The van der Waals surface area contributed by atoms with Crippen molar-refractivity contribution in [1.82, 2.24) is 19.8 Å². The lowest BCUT2D eigenvalue weighted by Gasteiger charge is -2.26. The number of hydrogen-bond acceptors (Lipinski definition) is 4. The van der Waals surface area contributed by atoms with Crippen LogP contribution in [0.25, 0.3) is 11.6 Å². The highest BCUT2D eigenvalue weighted by Crippen LogP contribution is 2.24. The maximum absolute atomic E-state index is 12.0. The van der Waals surface area contributed by atoms with Gasteiger partial charge in [-0.3, -0.25) is 19.7 Å². The minimum absolute atomic E-state index is 0.0712. The van der Waals surface area contributed by atoms with Crippen molar-refractivity contribution >= 4 is 33.5 Å². The molecule has 1 aliphatic heterocycles. The summed E-state index contributed by atoms with van der Waals surface area (Å²) in [5.41, 5.74) is 6.37. The number of amides is 1. The molecule has 1 amide bonds. The minimum Gasteiger partial charge on any atom is -0.343 e. The zero-order chi connectivity index (χ0) is 21.0. The quantitative estimate of drug-likeness (QED) is 0.669. The lowest BCUT2D eigenvalue weighted by atomic mass is 10.0. The molecule has 0 aliphatic carbocycles. The molecule has 5 nitrogen and oxygen atoms in total. The second kappa shape index (κ2) is 9.46. The van der Waals surface area contributed by atoms with Gasteiger partial charge in [0.25, 0.3) is 5.91 Å². The molecule has 0 N–H and O–H groups in total. The standard InChI is InChI=1S/C23H27BrN4O/c1-16(13-20-17(2)25-10-7-21(20)24)15-28-11-8-18(9-12-28)19-5-6-22(26-14-19)23(29)27(3)4/h5-8,10,13-14H,9,11-12,15H2,1-4H3/b16-13+. The summed E-state index contributed by atoms with van der Waals surface area (Å²) in [6.45, 7) is 7.04. The highest BCUT2D eigenvalue weighted by molar-refractivity contribution is 9.10. The Hall–Kier alpha value is -2.31. The molecule has 0 bridgehead atoms. The van der Waals surface area contributed by atoms with Gasteiger partial charge in [0.05, 0.1) is 0 Å². The number of aryl methyl sites for hydroxylation is 1. The normalized spacial score (nSPS) is 15.2. The van der Waals surface area contributed by atoms with E-state index in [9.17, 15) is 4.79 Å². The second-order valence-corrected chi connectivity index (χ2v) is 8.48. The SMILES string of the molecule is C/C(=C\c1c(Br)ccnc1C)CN1CC=C(c2ccc(C(=O)N(C)C)nc2)CC1. The van der Waals surface area contributed by atoms with E-state index in [1.54, 1.807) is 19.0 Å². The second-order valence-electron chi connectivity index (χ2n) is 7.63. The van der Waals surface area contributed by atoms with Gasteiger partial charge in [-0.1, -0.05) is 39.7 Å². The number of halogens is 1. The Labute approximate surface area is 181 Å². The molecule has 2 aromatic heterocycles. The van der Waals surface area contributed by atoms with E-state index in [1.165, 1.54) is 11.1 Å². The smallest absolute Gasteiger partial charge is 0.271 e. The molecule has 0 spiro atoms. The summed E-state index contributed by atoms with van der Waals surface area (Å²) in [6, 6.07) is 5.79. The predicted octanol–water partition coefficient (Wildman–Crippen LogP) is 4.44. The average Bonchev–Trinajstić information content (AvgIpc) is 2.71. The first-order valence-electron chi connectivity index (χ1n) is 9.73. The van der Waals surface area contributed by atoms with Gasteiger partial charge in [-0.25, -0.2) is 0 Å². The van der Waals surface area contributed by atoms with Crippen LogP contribution in [0.1, 0.15) is 40.7 Å². The summed E-state index contributed by atoms with van der Waals surface area (Å²) in [5, 5.41) is 0. The molecule has 0 saturated carbocycles. The fourth-order valence-corrected chi connectivity index (χ4v) is 3.94. The van der Waals surface area contributed by atoms with Gasteiger partial charge in [-0.2, -0.15) is 0 Å². The maximum atomic E-state index is 12.0. The molecular formula is C23H27BrN4O. The first-order valence-corrected chi connectivity index (χ1v) is 10.5. The number of nitrogens with zero attached hydrogens (tertiary/aromatic N) is 4. The Morgan fingerprint density at radius 3 is 2.66 bits per heavy atom. The molecule has 152 valence electrons. The summed E-state index contributed by atoms with van der Waals surface area (Å²) in [5.74, 6) is -0.0712. The third-order valence-electron chi connectivity index (χ3n) is 5.05. The van der Waals surface area contributed by atoms with E-state index in [0.29, 0.717) is 5.69 Å². The van der Waals surface area contributed by atoms with Crippen LogP contribution in [0.15, 0.2) is 46.7 Å². The molecule has 0 unspecified atom stereocenters. The van der Waals surface area contributed by atoms with Crippen molar-refractivity contribution in [2.45, 2.75) is 20.3 Å². The molecule has 0 saturated heterocycles. The first-order chi connectivity index (χ1) is 13.8.